The predicted octanol–water partition coefficient (Wildman–Crippen LogP) is 7.43. The molecule has 0 bridgehead atoms. The molecule has 43 heavy (non-hydrogen) atoms. The van der Waals surface area contributed by atoms with Crippen LogP contribution in [-0.4, -0.2) is 25.0 Å². The second-order valence-electron chi connectivity index (χ2n) is 9.28. The highest BCUT2D eigenvalue weighted by Gasteiger charge is 2.37. The Morgan fingerprint density at radius 2 is 1.63 bits per heavy atom. The lowest BCUT2D eigenvalue weighted by Crippen LogP contribution is -2.54. The quantitative estimate of drug-likeness (QED) is 0.110. The molecule has 5 rings (SSSR count). The zero-order chi connectivity index (χ0) is 30.5. The van der Waals surface area contributed by atoms with E-state index in [1.807, 2.05) is 30.3 Å². The van der Waals surface area contributed by atoms with Gasteiger partial charge in [-0.1, -0.05) is 59.6 Å². The molecular weight excluding hydrogens is 706 g/mol. The third-order valence-corrected chi connectivity index (χ3v) is 7.78. The van der Waals surface area contributed by atoms with Gasteiger partial charge in [0, 0.05) is 15.6 Å². The van der Waals surface area contributed by atoms with Gasteiger partial charge < -0.3 is 14.2 Å². The van der Waals surface area contributed by atoms with E-state index in [1.54, 1.807) is 54.6 Å². The first-order valence-electron chi connectivity index (χ1n) is 12.9. The van der Waals surface area contributed by atoms with Crippen LogP contribution in [0.4, 0.5) is 10.5 Å². The van der Waals surface area contributed by atoms with Crippen molar-refractivity contribution in [3.63, 3.8) is 0 Å². The molecule has 1 aliphatic rings. The largest absolute Gasteiger partial charge is 0.493 e. The van der Waals surface area contributed by atoms with Crippen molar-refractivity contribution < 1.29 is 28.6 Å². The highest BCUT2D eigenvalue weighted by molar-refractivity contribution is 14.1. The van der Waals surface area contributed by atoms with Crippen molar-refractivity contribution in [2.75, 3.05) is 12.0 Å². The molecule has 0 radical (unpaired) electrons. The van der Waals surface area contributed by atoms with E-state index >= 15 is 0 Å². The van der Waals surface area contributed by atoms with Gasteiger partial charge in [0.25, 0.3) is 11.8 Å². The van der Waals surface area contributed by atoms with Gasteiger partial charge in [-0.2, -0.15) is 0 Å². The van der Waals surface area contributed by atoms with Crippen molar-refractivity contribution in [2.24, 2.45) is 0 Å². The molecular formula is C32H23Cl2IN2O6. The van der Waals surface area contributed by atoms with Crippen molar-refractivity contribution in [2.45, 2.75) is 13.2 Å². The molecule has 1 saturated heterocycles. The minimum atomic E-state index is -0.856. The molecule has 1 N–H and O–H groups in total. The van der Waals surface area contributed by atoms with Gasteiger partial charge >= 0.3 is 6.03 Å². The van der Waals surface area contributed by atoms with Crippen molar-refractivity contribution >= 4 is 75.4 Å². The van der Waals surface area contributed by atoms with Crippen LogP contribution >= 0.6 is 45.8 Å². The number of nitrogens with one attached hydrogen (secondary N) is 1. The number of rotatable bonds is 9. The first kappa shape index (κ1) is 30.4. The van der Waals surface area contributed by atoms with E-state index < -0.39 is 17.8 Å². The van der Waals surface area contributed by atoms with Crippen LogP contribution in [0.25, 0.3) is 6.08 Å². The van der Waals surface area contributed by atoms with E-state index in [2.05, 4.69) is 27.9 Å². The monoisotopic (exact) mass is 728 g/mol. The number of benzene rings is 4. The van der Waals surface area contributed by atoms with Crippen LogP contribution in [0.2, 0.25) is 10.0 Å². The molecule has 4 aromatic rings. The lowest BCUT2D eigenvalue weighted by molar-refractivity contribution is -0.122. The minimum absolute atomic E-state index is 0.193. The van der Waals surface area contributed by atoms with Crippen LogP contribution in [0.5, 0.6) is 17.2 Å². The summed E-state index contributed by atoms with van der Waals surface area (Å²) in [6.45, 7) is 0.530. The Hall–Kier alpha value is -4.06. The smallest absolute Gasteiger partial charge is 0.335 e. The molecule has 0 spiro atoms. The molecule has 1 fully saturated rings. The first-order valence-corrected chi connectivity index (χ1v) is 14.7. The van der Waals surface area contributed by atoms with E-state index in [1.165, 1.54) is 13.2 Å². The molecule has 0 aliphatic carbocycles. The van der Waals surface area contributed by atoms with Gasteiger partial charge in [-0.05, 0) is 88.3 Å². The molecule has 4 amide bonds. The van der Waals surface area contributed by atoms with Gasteiger partial charge in [0.1, 0.15) is 24.5 Å². The number of anilines is 1. The number of nitrogens with zero attached hydrogens (tertiary/aromatic N) is 1. The molecule has 0 saturated carbocycles. The first-order chi connectivity index (χ1) is 20.7. The van der Waals surface area contributed by atoms with Gasteiger partial charge in [-0.25, -0.2) is 9.69 Å². The summed E-state index contributed by atoms with van der Waals surface area (Å²) < 4.78 is 18.1. The maximum Gasteiger partial charge on any atom is 0.335 e. The number of carbonyl (C=O) groups excluding carboxylic acids is 3. The summed E-state index contributed by atoms with van der Waals surface area (Å²) in [6.07, 6.45) is 1.41. The number of halogens is 3. The fourth-order valence-corrected chi connectivity index (χ4v) is 5.49. The Morgan fingerprint density at radius 1 is 0.884 bits per heavy atom. The minimum Gasteiger partial charge on any atom is -0.493 e. The number of hydrogen-bond donors (Lipinski definition) is 1. The second kappa shape index (κ2) is 13.5. The van der Waals surface area contributed by atoms with Crippen LogP contribution in [0.1, 0.15) is 16.7 Å². The topological polar surface area (TPSA) is 94.2 Å². The van der Waals surface area contributed by atoms with E-state index in [0.29, 0.717) is 43.0 Å². The Balaban J connectivity index is 1.34. The number of amides is 4. The standard InChI is InChI=1S/C32H23Cl2IN2O6/c1-41-28-15-20(14-27(35)29(28)43-17-19-5-3-2-4-6-19)13-25-30(38)36-32(40)37(31(25)39)23-9-11-24(12-10-23)42-18-21-7-8-22(33)16-26(21)34/h2-16H,17-18H2,1H3,(H,36,38,40)/b25-13+. The van der Waals surface area contributed by atoms with E-state index in [0.717, 1.165) is 16.0 Å². The third kappa shape index (κ3) is 7.12. The number of hydrogen-bond acceptors (Lipinski definition) is 6. The van der Waals surface area contributed by atoms with Crippen LogP contribution in [0.3, 0.4) is 0 Å². The SMILES string of the molecule is COc1cc(/C=C2\C(=O)NC(=O)N(c3ccc(OCc4ccc(Cl)cc4Cl)cc3)C2=O)cc(I)c1OCc1ccccc1. The third-order valence-electron chi connectivity index (χ3n) is 6.39. The highest BCUT2D eigenvalue weighted by atomic mass is 127. The summed E-state index contributed by atoms with van der Waals surface area (Å²) in [5.41, 5.74) is 2.30. The van der Waals surface area contributed by atoms with Crippen LogP contribution < -0.4 is 24.4 Å². The second-order valence-corrected chi connectivity index (χ2v) is 11.3. The molecule has 218 valence electrons. The normalized spacial score (nSPS) is 14.1. The Morgan fingerprint density at radius 3 is 2.33 bits per heavy atom. The van der Waals surface area contributed by atoms with Gasteiger partial charge in [-0.3, -0.25) is 14.9 Å². The number of barbiturate groups is 1. The van der Waals surface area contributed by atoms with Crippen molar-refractivity contribution in [3.8, 4) is 17.2 Å². The molecule has 4 aromatic carbocycles. The Labute approximate surface area is 271 Å². The summed E-state index contributed by atoms with van der Waals surface area (Å²) in [6, 6.07) is 23.7. The molecule has 8 nitrogen and oxygen atoms in total. The number of urea groups is 1. The lowest BCUT2D eigenvalue weighted by Gasteiger charge is -2.26. The van der Waals surface area contributed by atoms with Crippen molar-refractivity contribution in [1.82, 2.24) is 5.32 Å². The lowest BCUT2D eigenvalue weighted by atomic mass is 10.1. The predicted molar refractivity (Wildman–Crippen MR) is 173 cm³/mol. The molecule has 0 aromatic heterocycles. The fourth-order valence-electron chi connectivity index (χ4n) is 4.24. The van der Waals surface area contributed by atoms with Crippen LogP contribution in [0.15, 0.2) is 90.5 Å². The Bertz CT molecular complexity index is 1730. The zero-order valence-corrected chi connectivity index (χ0v) is 26.3. The summed E-state index contributed by atoms with van der Waals surface area (Å²) >= 11 is 14.3. The number of ether oxygens (including phenoxy) is 3. The van der Waals surface area contributed by atoms with Crippen LogP contribution in [0, 0.1) is 3.57 Å². The maximum absolute atomic E-state index is 13.4. The van der Waals surface area contributed by atoms with Crippen molar-refractivity contribution in [3.05, 3.63) is 121 Å². The summed E-state index contributed by atoms with van der Waals surface area (Å²) in [4.78, 5) is 39.8. The van der Waals surface area contributed by atoms with E-state index in [9.17, 15) is 14.4 Å². The molecule has 0 unspecified atom stereocenters. The molecule has 1 aliphatic heterocycles. The van der Waals surface area contributed by atoms with Gasteiger partial charge in [0.2, 0.25) is 0 Å². The highest BCUT2D eigenvalue weighted by Crippen LogP contribution is 2.36. The molecule has 11 heteroatoms. The maximum atomic E-state index is 13.4. The number of methoxy groups -OCH3 is 1. The van der Waals surface area contributed by atoms with E-state index in [4.69, 9.17) is 37.4 Å². The van der Waals surface area contributed by atoms with Gasteiger partial charge in [0.05, 0.1) is 16.4 Å². The average molecular weight is 729 g/mol. The summed E-state index contributed by atoms with van der Waals surface area (Å²) in [7, 11) is 1.51. The summed E-state index contributed by atoms with van der Waals surface area (Å²) in [5, 5.41) is 3.24. The molecule has 0 atom stereocenters. The number of carbonyl (C=O) groups is 3. The number of imide groups is 2. The van der Waals surface area contributed by atoms with E-state index in [-0.39, 0.29) is 17.9 Å². The zero-order valence-electron chi connectivity index (χ0n) is 22.6. The fraction of sp³-hybridized carbons (Fsp3) is 0.0938. The van der Waals surface area contributed by atoms with Crippen molar-refractivity contribution in [1.29, 1.82) is 0 Å². The Kier molecular flexibility index (Phi) is 9.54. The molecule has 1 heterocycles. The van der Waals surface area contributed by atoms with Gasteiger partial charge in [0.15, 0.2) is 11.5 Å². The average Bonchev–Trinajstić information content (AvgIpc) is 2.99. The van der Waals surface area contributed by atoms with Gasteiger partial charge in [-0.15, -0.1) is 0 Å². The van der Waals surface area contributed by atoms with Crippen LogP contribution in [-0.2, 0) is 22.8 Å². The summed E-state index contributed by atoms with van der Waals surface area (Å²) in [5.74, 6) is -0.117.